The maximum absolute atomic E-state index is 11.1. The molecule has 0 aliphatic rings. The van der Waals surface area contributed by atoms with Crippen molar-refractivity contribution in [2.75, 3.05) is 20.8 Å². The minimum absolute atomic E-state index is 0.175. The van der Waals surface area contributed by atoms with Crippen LogP contribution >= 0.6 is 0 Å². The molecule has 2 atom stereocenters. The summed E-state index contributed by atoms with van der Waals surface area (Å²) in [5, 5.41) is 3.17. The summed E-state index contributed by atoms with van der Waals surface area (Å²) in [6.45, 7) is 6.55. The Morgan fingerprint density at radius 3 is 2.21 bits per heavy atom. The summed E-state index contributed by atoms with van der Waals surface area (Å²) in [4.78, 5) is 11.1. The molecule has 0 heterocycles. The fourth-order valence-corrected chi connectivity index (χ4v) is 1.18. The van der Waals surface area contributed by atoms with E-state index in [1.807, 2.05) is 0 Å². The van der Waals surface area contributed by atoms with Crippen LogP contribution in [0.15, 0.2) is 0 Å². The number of esters is 1. The molecule has 0 aliphatic heterocycles. The molecule has 0 aromatic heterocycles. The highest BCUT2D eigenvalue weighted by atomic mass is 16.5. The van der Waals surface area contributed by atoms with Gasteiger partial charge in [-0.15, -0.1) is 0 Å². The zero-order valence-corrected chi connectivity index (χ0v) is 9.66. The zero-order valence-electron chi connectivity index (χ0n) is 9.66. The first-order valence-corrected chi connectivity index (χ1v) is 4.85. The third-order valence-electron chi connectivity index (χ3n) is 2.17. The number of hydrogen-bond donors (Lipinski definition) is 1. The molecule has 0 saturated carbocycles. The van der Waals surface area contributed by atoms with E-state index in [1.165, 1.54) is 7.11 Å². The van der Waals surface area contributed by atoms with Gasteiger partial charge in [0.1, 0.15) is 6.04 Å². The Labute approximate surface area is 86.0 Å². The maximum atomic E-state index is 11.1. The van der Waals surface area contributed by atoms with E-state index in [2.05, 4.69) is 23.9 Å². The van der Waals surface area contributed by atoms with Crippen LogP contribution < -0.4 is 5.32 Å². The van der Waals surface area contributed by atoms with E-state index < -0.39 is 0 Å². The summed E-state index contributed by atoms with van der Waals surface area (Å²) < 4.78 is 9.69. The van der Waals surface area contributed by atoms with Crippen molar-refractivity contribution < 1.29 is 14.3 Å². The van der Waals surface area contributed by atoms with Gasteiger partial charge in [0.2, 0.25) is 0 Å². The first-order chi connectivity index (χ1) is 6.52. The fraction of sp³-hybridized carbons (Fsp3) is 0.900. The Bertz CT molecular complexity index is 171. The van der Waals surface area contributed by atoms with Crippen LogP contribution in [0, 0.1) is 5.92 Å². The van der Waals surface area contributed by atoms with Crippen LogP contribution in [-0.2, 0) is 14.3 Å². The molecule has 0 amide bonds. The van der Waals surface area contributed by atoms with Crippen molar-refractivity contribution in [3.8, 4) is 0 Å². The Morgan fingerprint density at radius 1 is 1.29 bits per heavy atom. The molecule has 2 unspecified atom stereocenters. The molecule has 0 rings (SSSR count). The van der Waals surface area contributed by atoms with Crippen molar-refractivity contribution in [3.05, 3.63) is 0 Å². The monoisotopic (exact) mass is 203 g/mol. The van der Waals surface area contributed by atoms with Gasteiger partial charge in [0.15, 0.2) is 0 Å². The van der Waals surface area contributed by atoms with Crippen LogP contribution in [0.4, 0.5) is 0 Å². The number of hydrogen-bond acceptors (Lipinski definition) is 4. The Balaban J connectivity index is 4.08. The average Bonchev–Trinajstić information content (AvgIpc) is 2.15. The molecule has 4 nitrogen and oxygen atoms in total. The van der Waals surface area contributed by atoms with Gasteiger partial charge in [-0.25, -0.2) is 0 Å². The van der Waals surface area contributed by atoms with Crippen molar-refractivity contribution in [3.63, 3.8) is 0 Å². The molecule has 0 spiro atoms. The topological polar surface area (TPSA) is 47.6 Å². The van der Waals surface area contributed by atoms with E-state index in [1.54, 1.807) is 14.0 Å². The molecule has 0 radical (unpaired) electrons. The summed E-state index contributed by atoms with van der Waals surface area (Å²) in [7, 11) is 3.04. The SMILES string of the molecule is COCC(NC(C)C(=O)OC)C(C)C. The predicted molar refractivity (Wildman–Crippen MR) is 55.1 cm³/mol. The molecule has 0 aromatic carbocycles. The van der Waals surface area contributed by atoms with E-state index in [9.17, 15) is 4.79 Å². The minimum Gasteiger partial charge on any atom is -0.468 e. The van der Waals surface area contributed by atoms with E-state index >= 15 is 0 Å². The van der Waals surface area contributed by atoms with Gasteiger partial charge in [-0.05, 0) is 12.8 Å². The van der Waals surface area contributed by atoms with E-state index in [4.69, 9.17) is 4.74 Å². The van der Waals surface area contributed by atoms with Crippen molar-refractivity contribution >= 4 is 5.97 Å². The lowest BCUT2D eigenvalue weighted by atomic mass is 10.0. The molecule has 14 heavy (non-hydrogen) atoms. The van der Waals surface area contributed by atoms with Gasteiger partial charge >= 0.3 is 5.97 Å². The van der Waals surface area contributed by atoms with E-state index in [0.717, 1.165) is 0 Å². The lowest BCUT2D eigenvalue weighted by molar-refractivity contribution is -0.143. The third-order valence-corrected chi connectivity index (χ3v) is 2.17. The highest BCUT2D eigenvalue weighted by Gasteiger charge is 2.20. The first kappa shape index (κ1) is 13.4. The van der Waals surface area contributed by atoms with E-state index in [0.29, 0.717) is 12.5 Å². The Hall–Kier alpha value is -0.610. The number of carbonyl (C=O) groups is 1. The summed E-state index contributed by atoms with van der Waals surface area (Å²) in [5.41, 5.74) is 0. The summed E-state index contributed by atoms with van der Waals surface area (Å²) in [6, 6.07) is -0.114. The predicted octanol–water partition coefficient (Wildman–Crippen LogP) is 0.808. The van der Waals surface area contributed by atoms with Gasteiger partial charge in [-0.2, -0.15) is 0 Å². The number of methoxy groups -OCH3 is 2. The van der Waals surface area contributed by atoms with Crippen molar-refractivity contribution in [2.24, 2.45) is 5.92 Å². The fourth-order valence-electron chi connectivity index (χ4n) is 1.18. The average molecular weight is 203 g/mol. The number of nitrogens with one attached hydrogen (secondary N) is 1. The molecule has 0 aromatic rings. The number of carbonyl (C=O) groups excluding carboxylic acids is 1. The summed E-state index contributed by atoms with van der Waals surface area (Å²) in [6.07, 6.45) is 0. The maximum Gasteiger partial charge on any atom is 0.322 e. The quantitative estimate of drug-likeness (QED) is 0.649. The Morgan fingerprint density at radius 2 is 1.86 bits per heavy atom. The van der Waals surface area contributed by atoms with Gasteiger partial charge in [-0.1, -0.05) is 13.8 Å². The highest BCUT2D eigenvalue weighted by Crippen LogP contribution is 2.03. The Kier molecular flexibility index (Phi) is 6.49. The molecular formula is C10H21NO3. The summed E-state index contributed by atoms with van der Waals surface area (Å²) in [5.74, 6) is 0.175. The lowest BCUT2D eigenvalue weighted by Gasteiger charge is -2.24. The summed E-state index contributed by atoms with van der Waals surface area (Å²) >= 11 is 0. The van der Waals surface area contributed by atoms with Gasteiger partial charge in [0, 0.05) is 13.2 Å². The van der Waals surface area contributed by atoms with Gasteiger partial charge in [0.25, 0.3) is 0 Å². The van der Waals surface area contributed by atoms with E-state index in [-0.39, 0.29) is 18.1 Å². The molecule has 4 heteroatoms. The zero-order chi connectivity index (χ0) is 11.1. The van der Waals surface area contributed by atoms with Crippen molar-refractivity contribution in [1.82, 2.24) is 5.32 Å². The molecule has 0 fully saturated rings. The molecule has 0 saturated heterocycles. The van der Waals surface area contributed by atoms with Crippen LogP contribution in [0.1, 0.15) is 20.8 Å². The molecule has 0 bridgehead atoms. The highest BCUT2D eigenvalue weighted by molar-refractivity contribution is 5.75. The largest absolute Gasteiger partial charge is 0.468 e. The molecule has 1 N–H and O–H groups in total. The first-order valence-electron chi connectivity index (χ1n) is 4.85. The second-order valence-electron chi connectivity index (χ2n) is 3.72. The van der Waals surface area contributed by atoms with Crippen LogP contribution in [0.5, 0.6) is 0 Å². The van der Waals surface area contributed by atoms with Crippen LogP contribution in [0.3, 0.4) is 0 Å². The molecule has 84 valence electrons. The van der Waals surface area contributed by atoms with Crippen LogP contribution in [-0.4, -0.2) is 38.9 Å². The number of rotatable bonds is 6. The molecule has 0 aliphatic carbocycles. The minimum atomic E-state index is -0.289. The standard InChI is InChI=1S/C10H21NO3/c1-7(2)9(6-13-4)11-8(3)10(12)14-5/h7-9,11H,6H2,1-5H3. The van der Waals surface area contributed by atoms with Crippen molar-refractivity contribution in [1.29, 1.82) is 0 Å². The van der Waals surface area contributed by atoms with Crippen molar-refractivity contribution in [2.45, 2.75) is 32.9 Å². The van der Waals surface area contributed by atoms with Crippen LogP contribution in [0.2, 0.25) is 0 Å². The smallest absolute Gasteiger partial charge is 0.322 e. The lowest BCUT2D eigenvalue weighted by Crippen LogP contribution is -2.46. The second kappa shape index (κ2) is 6.79. The molecular weight excluding hydrogens is 182 g/mol. The van der Waals surface area contributed by atoms with Crippen LogP contribution in [0.25, 0.3) is 0 Å². The normalized spacial score (nSPS) is 15.3. The second-order valence-corrected chi connectivity index (χ2v) is 3.72. The van der Waals surface area contributed by atoms with Gasteiger partial charge < -0.3 is 9.47 Å². The number of ether oxygens (including phenoxy) is 2. The third kappa shape index (κ3) is 4.58. The van der Waals surface area contributed by atoms with Gasteiger partial charge in [0.05, 0.1) is 13.7 Å². The van der Waals surface area contributed by atoms with Gasteiger partial charge in [-0.3, -0.25) is 10.1 Å².